The van der Waals surface area contributed by atoms with Crippen LogP contribution in [0, 0.1) is 0 Å². The molecule has 0 aliphatic carbocycles. The van der Waals surface area contributed by atoms with Gasteiger partial charge < -0.3 is 10.6 Å². The second kappa shape index (κ2) is 10.5. The Morgan fingerprint density at radius 2 is 1.60 bits per heavy atom. The van der Waals surface area contributed by atoms with Crippen LogP contribution in [0.4, 0.5) is 21.8 Å². The highest BCUT2D eigenvalue weighted by atomic mass is 35.5. The van der Waals surface area contributed by atoms with Crippen LogP contribution in [-0.2, 0) is 19.6 Å². The molecule has 0 fully saturated rings. The Hall–Kier alpha value is -3.33. The van der Waals surface area contributed by atoms with Crippen molar-refractivity contribution in [2.45, 2.75) is 19.6 Å². The van der Waals surface area contributed by atoms with Gasteiger partial charge in [-0.1, -0.05) is 52.7 Å². The maximum Gasteiger partial charge on any atom is 0.226 e. The predicted molar refractivity (Wildman–Crippen MR) is 141 cm³/mol. The van der Waals surface area contributed by atoms with E-state index >= 15 is 0 Å². The van der Waals surface area contributed by atoms with Gasteiger partial charge in [-0.3, -0.25) is 4.98 Å². The minimum absolute atomic E-state index is 0.461. The molecule has 0 saturated heterocycles. The van der Waals surface area contributed by atoms with Crippen molar-refractivity contribution in [3.05, 3.63) is 98.7 Å². The van der Waals surface area contributed by atoms with E-state index in [4.69, 9.17) is 28.2 Å². The number of thiazole rings is 1. The van der Waals surface area contributed by atoms with Crippen LogP contribution in [0.5, 0.6) is 0 Å². The summed E-state index contributed by atoms with van der Waals surface area (Å²) < 4.78 is 12.9. The Balaban J connectivity index is 1.50. The zero-order valence-electron chi connectivity index (χ0n) is 18.3. The number of halogens is 3. The van der Waals surface area contributed by atoms with Gasteiger partial charge in [0.25, 0.3) is 0 Å². The summed E-state index contributed by atoms with van der Waals surface area (Å²) >= 11 is 14.2. The van der Waals surface area contributed by atoms with Crippen LogP contribution in [0.1, 0.15) is 21.7 Å². The minimum Gasteiger partial charge on any atom is -0.350 e. The lowest BCUT2D eigenvalue weighted by Gasteiger charge is -2.10. The molecule has 5 aromatic rings. The van der Waals surface area contributed by atoms with E-state index in [1.807, 2.05) is 42.5 Å². The highest BCUT2D eigenvalue weighted by Gasteiger charge is 2.16. The van der Waals surface area contributed by atoms with E-state index in [2.05, 4.69) is 25.6 Å². The number of nitrogens with zero attached hydrogens (tertiary/aromatic N) is 4. The molecule has 0 aliphatic rings. The lowest BCUT2D eigenvalue weighted by atomic mass is 10.1. The number of anilines is 3. The SMILES string of the molecule is FCc1ccc(Nc2nc(NCc3ccncc3)nc3sc(Cc4c(Cl)cccc4Cl)nc23)cc1. The van der Waals surface area contributed by atoms with Gasteiger partial charge in [-0.25, -0.2) is 14.4 Å². The molecule has 0 atom stereocenters. The number of hydrogen-bond donors (Lipinski definition) is 2. The monoisotopic (exact) mass is 524 g/mol. The Labute approximate surface area is 215 Å². The first-order valence-electron chi connectivity index (χ1n) is 10.7. The molecule has 35 heavy (non-hydrogen) atoms. The maximum absolute atomic E-state index is 12.9. The van der Waals surface area contributed by atoms with Crippen molar-refractivity contribution in [3.8, 4) is 0 Å². The van der Waals surface area contributed by atoms with Gasteiger partial charge in [0.2, 0.25) is 5.95 Å². The fraction of sp³-hybridized carbons (Fsp3) is 0.120. The number of alkyl halides is 1. The third kappa shape index (κ3) is 5.51. The standard InChI is InChI=1S/C25H19Cl2FN6S/c26-19-2-1-3-20(27)18(19)12-21-32-22-23(31-17-6-4-15(13-28)5-7-17)33-25(34-24(22)35-21)30-14-16-8-10-29-11-9-16/h1-11H,12-14H2,(H2,30,31,33,34). The molecule has 0 bridgehead atoms. The number of fused-ring (bicyclic) bond motifs is 1. The van der Waals surface area contributed by atoms with E-state index in [-0.39, 0.29) is 0 Å². The van der Waals surface area contributed by atoms with Crippen molar-refractivity contribution < 1.29 is 4.39 Å². The van der Waals surface area contributed by atoms with Crippen molar-refractivity contribution >= 4 is 62.3 Å². The molecule has 3 aromatic heterocycles. The summed E-state index contributed by atoms with van der Waals surface area (Å²) in [6.07, 6.45) is 3.96. The number of benzene rings is 2. The summed E-state index contributed by atoms with van der Waals surface area (Å²) in [5.41, 5.74) is 3.88. The van der Waals surface area contributed by atoms with Crippen LogP contribution in [0.3, 0.4) is 0 Å². The van der Waals surface area contributed by atoms with Gasteiger partial charge in [0.05, 0.1) is 0 Å². The summed E-state index contributed by atoms with van der Waals surface area (Å²) in [5, 5.41) is 8.57. The molecule has 2 aromatic carbocycles. The van der Waals surface area contributed by atoms with Gasteiger partial charge in [-0.2, -0.15) is 4.98 Å². The average molecular weight is 525 g/mol. The van der Waals surface area contributed by atoms with E-state index in [1.54, 1.807) is 24.5 Å². The summed E-state index contributed by atoms with van der Waals surface area (Å²) in [5.74, 6) is 1.01. The van der Waals surface area contributed by atoms with Gasteiger partial charge in [0, 0.05) is 41.1 Å². The third-order valence-corrected chi connectivity index (χ3v) is 6.92. The van der Waals surface area contributed by atoms with Crippen LogP contribution in [-0.4, -0.2) is 19.9 Å². The summed E-state index contributed by atoms with van der Waals surface area (Å²) in [4.78, 5) is 18.9. The van der Waals surface area contributed by atoms with Gasteiger partial charge in [-0.05, 0) is 53.1 Å². The first kappa shape index (κ1) is 23.4. The Morgan fingerprint density at radius 3 is 2.31 bits per heavy atom. The normalized spacial score (nSPS) is 11.1. The lowest BCUT2D eigenvalue weighted by molar-refractivity contribution is 0.485. The molecule has 0 aliphatic heterocycles. The van der Waals surface area contributed by atoms with Crippen LogP contribution in [0.15, 0.2) is 67.0 Å². The second-order valence-corrected chi connectivity index (χ2v) is 9.58. The maximum atomic E-state index is 12.9. The number of pyridine rings is 1. The number of rotatable bonds is 8. The average Bonchev–Trinajstić information content (AvgIpc) is 3.29. The highest BCUT2D eigenvalue weighted by Crippen LogP contribution is 2.33. The molecule has 2 N–H and O–H groups in total. The smallest absolute Gasteiger partial charge is 0.226 e. The molecule has 0 unspecified atom stereocenters. The zero-order chi connectivity index (χ0) is 24.2. The molecular weight excluding hydrogens is 506 g/mol. The van der Waals surface area contributed by atoms with Crippen LogP contribution >= 0.6 is 34.5 Å². The topological polar surface area (TPSA) is 75.6 Å². The molecule has 3 heterocycles. The molecule has 10 heteroatoms. The first-order chi connectivity index (χ1) is 17.1. The first-order valence-corrected chi connectivity index (χ1v) is 12.3. The Kier molecular flexibility index (Phi) is 7.03. The zero-order valence-corrected chi connectivity index (χ0v) is 20.6. The highest BCUT2D eigenvalue weighted by molar-refractivity contribution is 7.18. The minimum atomic E-state index is -0.513. The van der Waals surface area contributed by atoms with Crippen molar-refractivity contribution in [1.82, 2.24) is 19.9 Å². The Bertz CT molecular complexity index is 1440. The van der Waals surface area contributed by atoms with Crippen molar-refractivity contribution in [2.75, 3.05) is 10.6 Å². The van der Waals surface area contributed by atoms with E-state index in [0.717, 1.165) is 26.7 Å². The van der Waals surface area contributed by atoms with Crippen LogP contribution in [0.2, 0.25) is 10.0 Å². The van der Waals surface area contributed by atoms with E-state index < -0.39 is 6.67 Å². The van der Waals surface area contributed by atoms with Gasteiger partial charge in [0.15, 0.2) is 10.6 Å². The fourth-order valence-corrected chi connectivity index (χ4v) is 4.93. The van der Waals surface area contributed by atoms with Crippen molar-refractivity contribution in [2.24, 2.45) is 0 Å². The van der Waals surface area contributed by atoms with Crippen molar-refractivity contribution in [3.63, 3.8) is 0 Å². The lowest BCUT2D eigenvalue weighted by Crippen LogP contribution is -2.06. The van der Waals surface area contributed by atoms with Gasteiger partial charge in [0.1, 0.15) is 17.2 Å². The molecule has 0 amide bonds. The molecule has 5 rings (SSSR count). The van der Waals surface area contributed by atoms with E-state index in [9.17, 15) is 4.39 Å². The van der Waals surface area contributed by atoms with Crippen LogP contribution < -0.4 is 10.6 Å². The quantitative estimate of drug-likeness (QED) is 0.223. The molecular formula is C25H19Cl2FN6S. The van der Waals surface area contributed by atoms with E-state index in [1.165, 1.54) is 11.3 Å². The fourth-order valence-electron chi connectivity index (χ4n) is 3.46. The number of hydrogen-bond acceptors (Lipinski definition) is 7. The second-order valence-electron chi connectivity index (χ2n) is 7.70. The van der Waals surface area contributed by atoms with Crippen molar-refractivity contribution in [1.29, 1.82) is 0 Å². The summed E-state index contributed by atoms with van der Waals surface area (Å²) in [7, 11) is 0. The molecule has 0 radical (unpaired) electrons. The number of nitrogens with one attached hydrogen (secondary N) is 2. The molecule has 6 nitrogen and oxygen atoms in total. The third-order valence-electron chi connectivity index (χ3n) is 5.26. The Morgan fingerprint density at radius 1 is 0.857 bits per heavy atom. The molecule has 176 valence electrons. The van der Waals surface area contributed by atoms with Gasteiger partial charge in [-0.15, -0.1) is 0 Å². The van der Waals surface area contributed by atoms with Gasteiger partial charge >= 0.3 is 0 Å². The van der Waals surface area contributed by atoms with E-state index in [0.29, 0.717) is 45.9 Å². The number of aromatic nitrogens is 4. The molecule has 0 spiro atoms. The summed E-state index contributed by atoms with van der Waals surface area (Å²) in [6.45, 7) is 0.0285. The largest absolute Gasteiger partial charge is 0.350 e. The summed E-state index contributed by atoms with van der Waals surface area (Å²) in [6, 6.07) is 16.4. The van der Waals surface area contributed by atoms with Crippen LogP contribution in [0.25, 0.3) is 10.3 Å². The predicted octanol–water partition coefficient (Wildman–Crippen LogP) is 7.20. The molecule has 0 saturated carbocycles.